The van der Waals surface area contributed by atoms with Crippen LogP contribution in [0.1, 0.15) is 66.7 Å². The van der Waals surface area contributed by atoms with Crippen molar-refractivity contribution in [2.45, 2.75) is 79.1 Å². The number of amides is 4. The van der Waals surface area contributed by atoms with Crippen LogP contribution in [0.25, 0.3) is 32.9 Å². The molecule has 14 nitrogen and oxygen atoms in total. The molecule has 2 heterocycles. The van der Waals surface area contributed by atoms with Crippen LogP contribution >= 0.6 is 23.2 Å². The van der Waals surface area contributed by atoms with Crippen molar-refractivity contribution in [3.63, 3.8) is 0 Å². The van der Waals surface area contributed by atoms with Crippen molar-refractivity contribution >= 4 is 80.2 Å². The maximum atomic E-state index is 15.6. The Hall–Kier alpha value is -6.73. The second-order valence-corrected chi connectivity index (χ2v) is 16.9. The van der Waals surface area contributed by atoms with Crippen molar-refractivity contribution in [2.24, 2.45) is 0 Å². The number of ketones is 2. The van der Waals surface area contributed by atoms with E-state index in [1.165, 1.54) is 65.0 Å². The molecule has 352 valence electrons. The smallest absolute Gasteiger partial charge is 0.350 e. The zero-order valence-electron chi connectivity index (χ0n) is 36.6. The number of halogens is 7. The third-order valence-electron chi connectivity index (χ3n) is 10.7. The van der Waals surface area contributed by atoms with Crippen LogP contribution in [0.15, 0.2) is 72.8 Å². The molecule has 0 saturated carbocycles. The van der Waals surface area contributed by atoms with Crippen LogP contribution in [-0.2, 0) is 45.4 Å². The molecule has 0 spiro atoms. The van der Waals surface area contributed by atoms with E-state index in [-0.39, 0.29) is 50.9 Å². The number of carbonyl (C=O) groups excluding carboxylic acids is 6. The Kier molecular flexibility index (Phi) is 15.1. The van der Waals surface area contributed by atoms with Crippen LogP contribution in [0, 0.1) is 11.6 Å². The molecular weight excluding hydrogens is 926 g/mol. The Morgan fingerprint density at radius 1 is 0.672 bits per heavy atom. The average Bonchev–Trinajstić information content (AvgIpc) is 3.83. The standard InChI is InChI=1S/C46H43Cl2F5N8O6/c1-24(2)58(38(65)22-60-34-14-7-6-11-31(34)44(57-60)45(67)46(51,52)53)21-37(64)55-19-29-16-28(17-33(48)42(29)50)30-12-9-15-35-40(30)43(26(5)62)56-61(35)23-39(66)59(25(3)4)20-36(63)54-18-27-10-8-13-32(47)41(27)49/h6-17,24-25H,18-23H2,1-5H3,(H,54,63)(H,55,64). The third kappa shape index (κ3) is 11.1. The van der Waals surface area contributed by atoms with E-state index >= 15 is 4.39 Å². The van der Waals surface area contributed by atoms with E-state index < -0.39 is 97.0 Å². The van der Waals surface area contributed by atoms with E-state index in [0.29, 0.717) is 22.0 Å². The van der Waals surface area contributed by atoms with Crippen LogP contribution in [0.2, 0.25) is 10.0 Å². The van der Waals surface area contributed by atoms with Gasteiger partial charge in [0.25, 0.3) is 5.78 Å². The van der Waals surface area contributed by atoms with Crippen LogP contribution in [0.3, 0.4) is 0 Å². The number of alkyl halides is 3. The molecule has 4 aromatic carbocycles. The number of aromatic nitrogens is 4. The van der Waals surface area contributed by atoms with Gasteiger partial charge in [0.15, 0.2) is 5.78 Å². The lowest BCUT2D eigenvalue weighted by Gasteiger charge is -2.26. The Morgan fingerprint density at radius 3 is 1.78 bits per heavy atom. The monoisotopic (exact) mass is 968 g/mol. The van der Waals surface area contributed by atoms with E-state index in [2.05, 4.69) is 20.8 Å². The van der Waals surface area contributed by atoms with Gasteiger partial charge in [0.1, 0.15) is 36.1 Å². The molecule has 0 atom stereocenters. The van der Waals surface area contributed by atoms with E-state index in [1.54, 1.807) is 52.0 Å². The quantitative estimate of drug-likeness (QED) is 0.0693. The Morgan fingerprint density at radius 2 is 1.19 bits per heavy atom. The van der Waals surface area contributed by atoms with Gasteiger partial charge < -0.3 is 20.4 Å². The summed E-state index contributed by atoms with van der Waals surface area (Å²) in [6, 6.07) is 16.6. The fourth-order valence-corrected chi connectivity index (χ4v) is 7.80. The molecule has 6 aromatic rings. The van der Waals surface area contributed by atoms with Crippen LogP contribution < -0.4 is 10.6 Å². The Bertz CT molecular complexity index is 2930. The normalized spacial score (nSPS) is 11.7. The fraction of sp³-hybridized carbons (Fsp3) is 0.304. The molecule has 0 radical (unpaired) electrons. The predicted molar refractivity (Wildman–Crippen MR) is 239 cm³/mol. The minimum atomic E-state index is -5.21. The number of nitrogens with one attached hydrogen (secondary N) is 2. The second-order valence-electron chi connectivity index (χ2n) is 16.0. The van der Waals surface area contributed by atoms with Gasteiger partial charge in [-0.2, -0.15) is 23.4 Å². The molecule has 6 rings (SSSR count). The van der Waals surface area contributed by atoms with Gasteiger partial charge in [-0.3, -0.25) is 38.1 Å². The first kappa shape index (κ1) is 49.7. The zero-order chi connectivity index (χ0) is 49.1. The number of rotatable bonds is 17. The molecule has 67 heavy (non-hydrogen) atoms. The maximum absolute atomic E-state index is 15.6. The number of para-hydroxylation sites is 1. The summed E-state index contributed by atoms with van der Waals surface area (Å²) in [6.45, 7) is 5.41. The molecular formula is C46H43Cl2F5N8O6. The Labute approximate surface area is 390 Å². The molecule has 0 aliphatic rings. The summed E-state index contributed by atoms with van der Waals surface area (Å²) in [4.78, 5) is 81.2. The lowest BCUT2D eigenvalue weighted by Crippen LogP contribution is -2.45. The van der Waals surface area contributed by atoms with Crippen molar-refractivity contribution in [3.8, 4) is 11.1 Å². The first-order valence-electron chi connectivity index (χ1n) is 20.7. The second kappa shape index (κ2) is 20.4. The Balaban J connectivity index is 1.19. The van der Waals surface area contributed by atoms with Crippen molar-refractivity contribution in [1.82, 2.24) is 40.0 Å². The number of nitrogens with zero attached hydrogens (tertiary/aromatic N) is 6. The van der Waals surface area contributed by atoms with Crippen LogP contribution in [-0.4, -0.2) is 95.9 Å². The van der Waals surface area contributed by atoms with E-state index in [1.807, 2.05) is 0 Å². The SMILES string of the molecule is CC(=O)c1nn(CC(=O)N(CC(=O)NCc2cccc(Cl)c2F)C(C)C)c2cccc(-c3cc(Cl)c(F)c(CNC(=O)CN(C(=O)Cn4nc(C(=O)C(F)(F)F)c5ccccc54)C(C)C)c3)c12. The average molecular weight is 970 g/mol. The molecule has 4 amide bonds. The highest BCUT2D eigenvalue weighted by Gasteiger charge is 2.42. The molecule has 0 fully saturated rings. The number of hydrogen-bond acceptors (Lipinski definition) is 8. The summed E-state index contributed by atoms with van der Waals surface area (Å²) in [5, 5.41) is 13.2. The lowest BCUT2D eigenvalue weighted by atomic mass is 9.97. The van der Waals surface area contributed by atoms with Crippen LogP contribution in [0.5, 0.6) is 0 Å². The lowest BCUT2D eigenvalue weighted by molar-refractivity contribution is -0.138. The number of Topliss-reactive ketones (excluding diaryl/α,β-unsaturated/α-hetero) is 2. The topological polar surface area (TPSA) is 169 Å². The van der Waals surface area contributed by atoms with Crippen LogP contribution in [0.4, 0.5) is 22.0 Å². The third-order valence-corrected chi connectivity index (χ3v) is 11.3. The largest absolute Gasteiger partial charge is 0.456 e. The van der Waals surface area contributed by atoms with Crippen molar-refractivity contribution in [2.75, 3.05) is 13.1 Å². The van der Waals surface area contributed by atoms with Gasteiger partial charge in [-0.05, 0) is 69.2 Å². The van der Waals surface area contributed by atoms with E-state index in [9.17, 15) is 46.3 Å². The van der Waals surface area contributed by atoms with E-state index in [0.717, 1.165) is 9.58 Å². The summed E-state index contributed by atoms with van der Waals surface area (Å²) in [5.41, 5.74) is 0.342. The van der Waals surface area contributed by atoms with Gasteiger partial charge in [0.05, 0.1) is 34.2 Å². The van der Waals surface area contributed by atoms with Gasteiger partial charge in [-0.1, -0.05) is 65.7 Å². The highest BCUT2D eigenvalue weighted by atomic mass is 35.5. The van der Waals surface area contributed by atoms with Gasteiger partial charge in [-0.25, -0.2) is 8.78 Å². The molecule has 0 saturated heterocycles. The highest BCUT2D eigenvalue weighted by molar-refractivity contribution is 6.31. The van der Waals surface area contributed by atoms with Gasteiger partial charge in [-0.15, -0.1) is 0 Å². The summed E-state index contributed by atoms with van der Waals surface area (Å²) in [6.07, 6.45) is -5.21. The highest BCUT2D eigenvalue weighted by Crippen LogP contribution is 2.35. The minimum absolute atomic E-state index is 0.0178. The van der Waals surface area contributed by atoms with E-state index in [4.69, 9.17) is 23.2 Å². The van der Waals surface area contributed by atoms with Crippen molar-refractivity contribution in [3.05, 3.63) is 117 Å². The summed E-state index contributed by atoms with van der Waals surface area (Å²) in [7, 11) is 0. The number of benzene rings is 4. The summed E-state index contributed by atoms with van der Waals surface area (Å²) in [5.74, 6) is -6.69. The van der Waals surface area contributed by atoms with Crippen molar-refractivity contribution < 1.29 is 50.7 Å². The maximum Gasteiger partial charge on any atom is 0.456 e. The summed E-state index contributed by atoms with van der Waals surface area (Å²) < 4.78 is 72.4. The molecule has 2 N–H and O–H groups in total. The van der Waals surface area contributed by atoms with Crippen molar-refractivity contribution in [1.29, 1.82) is 0 Å². The predicted octanol–water partition coefficient (Wildman–Crippen LogP) is 7.69. The first-order chi connectivity index (χ1) is 31.6. The fourth-order valence-electron chi connectivity index (χ4n) is 7.37. The van der Waals surface area contributed by atoms with Gasteiger partial charge in [0.2, 0.25) is 23.6 Å². The molecule has 0 bridgehead atoms. The molecule has 0 aliphatic carbocycles. The number of carbonyl (C=O) groups is 6. The number of hydrogen-bond donors (Lipinski definition) is 2. The zero-order valence-corrected chi connectivity index (χ0v) is 38.1. The molecule has 2 aromatic heterocycles. The molecule has 0 aliphatic heterocycles. The summed E-state index contributed by atoms with van der Waals surface area (Å²) >= 11 is 12.2. The molecule has 0 unspecified atom stereocenters. The number of fused-ring (bicyclic) bond motifs is 2. The van der Waals surface area contributed by atoms with Gasteiger partial charge >= 0.3 is 6.18 Å². The first-order valence-corrected chi connectivity index (χ1v) is 21.4. The molecule has 21 heteroatoms. The van der Waals surface area contributed by atoms with Gasteiger partial charge in [0, 0.05) is 54.0 Å². The minimum Gasteiger partial charge on any atom is -0.350 e.